The first-order valence-corrected chi connectivity index (χ1v) is 10.3. The lowest BCUT2D eigenvalue weighted by molar-refractivity contribution is 0.288. The Balaban J connectivity index is 1.95. The predicted molar refractivity (Wildman–Crippen MR) is 98.6 cm³/mol. The molecule has 4 nitrogen and oxygen atoms in total. The Labute approximate surface area is 144 Å². The molecule has 0 unspecified atom stereocenters. The largest absolute Gasteiger partial charge is 0.317 e. The van der Waals surface area contributed by atoms with Crippen molar-refractivity contribution in [1.29, 1.82) is 0 Å². The standard InChI is InChI=1S/C19H26N2O2S/c1-2-14-21(15-16-10-12-20-13-11-16)24(22,23)19-9-5-7-17-6-3-4-8-18(17)19/h3-9,16,20H,2,10-15H2,1H3. The van der Waals surface area contributed by atoms with Crippen molar-refractivity contribution >= 4 is 20.8 Å². The zero-order chi connectivity index (χ0) is 17.0. The second-order valence-corrected chi connectivity index (χ2v) is 8.44. The number of nitrogens with zero attached hydrogens (tertiary/aromatic N) is 1. The Hall–Kier alpha value is -1.43. The molecule has 2 aromatic rings. The van der Waals surface area contributed by atoms with Crippen LogP contribution in [0.2, 0.25) is 0 Å². The molecule has 2 aromatic carbocycles. The smallest absolute Gasteiger partial charge is 0.243 e. The molecule has 0 saturated carbocycles. The van der Waals surface area contributed by atoms with Gasteiger partial charge in [-0.1, -0.05) is 43.3 Å². The minimum atomic E-state index is -3.48. The lowest BCUT2D eigenvalue weighted by Crippen LogP contribution is -2.39. The number of rotatable bonds is 6. The number of benzene rings is 2. The molecular weight excluding hydrogens is 320 g/mol. The Morgan fingerprint density at radius 2 is 1.79 bits per heavy atom. The summed E-state index contributed by atoms with van der Waals surface area (Å²) in [6.07, 6.45) is 2.92. The monoisotopic (exact) mass is 346 g/mol. The lowest BCUT2D eigenvalue weighted by atomic mass is 9.98. The zero-order valence-electron chi connectivity index (χ0n) is 14.2. The van der Waals surface area contributed by atoms with Crippen LogP contribution in [0.4, 0.5) is 0 Å². The number of piperidine rings is 1. The number of fused-ring (bicyclic) bond motifs is 1. The highest BCUT2D eigenvalue weighted by Gasteiger charge is 2.28. The fraction of sp³-hybridized carbons (Fsp3) is 0.474. The Morgan fingerprint density at radius 3 is 2.54 bits per heavy atom. The molecule has 1 aliphatic heterocycles. The van der Waals surface area contributed by atoms with Gasteiger partial charge >= 0.3 is 0 Å². The summed E-state index contributed by atoms with van der Waals surface area (Å²) in [6, 6.07) is 13.2. The summed E-state index contributed by atoms with van der Waals surface area (Å²) >= 11 is 0. The van der Waals surface area contributed by atoms with Crippen LogP contribution < -0.4 is 5.32 Å². The van der Waals surface area contributed by atoms with E-state index in [1.54, 1.807) is 10.4 Å². The van der Waals surface area contributed by atoms with Crippen LogP contribution in [0.5, 0.6) is 0 Å². The minimum absolute atomic E-state index is 0.433. The summed E-state index contributed by atoms with van der Waals surface area (Å²) in [5.41, 5.74) is 0. The van der Waals surface area contributed by atoms with Gasteiger partial charge in [0.1, 0.15) is 0 Å². The van der Waals surface area contributed by atoms with E-state index >= 15 is 0 Å². The molecule has 0 bridgehead atoms. The van der Waals surface area contributed by atoms with Crippen molar-refractivity contribution in [2.45, 2.75) is 31.1 Å². The molecule has 1 saturated heterocycles. The van der Waals surface area contributed by atoms with Crippen molar-refractivity contribution in [3.63, 3.8) is 0 Å². The summed E-state index contributed by atoms with van der Waals surface area (Å²) in [5.74, 6) is 0.447. The molecule has 24 heavy (non-hydrogen) atoms. The van der Waals surface area contributed by atoms with E-state index in [0.29, 0.717) is 23.9 Å². The fourth-order valence-electron chi connectivity index (χ4n) is 3.47. The summed E-state index contributed by atoms with van der Waals surface area (Å²) in [7, 11) is -3.48. The van der Waals surface area contributed by atoms with E-state index in [2.05, 4.69) is 5.32 Å². The van der Waals surface area contributed by atoms with E-state index in [1.165, 1.54) is 0 Å². The van der Waals surface area contributed by atoms with Gasteiger partial charge in [-0.05, 0) is 49.7 Å². The van der Waals surface area contributed by atoms with Gasteiger partial charge in [-0.15, -0.1) is 0 Å². The van der Waals surface area contributed by atoms with Gasteiger partial charge in [0.05, 0.1) is 4.90 Å². The molecule has 0 atom stereocenters. The molecule has 1 heterocycles. The van der Waals surface area contributed by atoms with Crippen LogP contribution in [0.15, 0.2) is 47.4 Å². The van der Waals surface area contributed by atoms with E-state index in [4.69, 9.17) is 0 Å². The second-order valence-electron chi connectivity index (χ2n) is 6.53. The van der Waals surface area contributed by atoms with Crippen molar-refractivity contribution in [3.05, 3.63) is 42.5 Å². The van der Waals surface area contributed by atoms with Gasteiger partial charge < -0.3 is 5.32 Å². The van der Waals surface area contributed by atoms with Crippen LogP contribution in [0.3, 0.4) is 0 Å². The molecule has 5 heteroatoms. The zero-order valence-corrected chi connectivity index (χ0v) is 15.1. The lowest BCUT2D eigenvalue weighted by Gasteiger charge is -2.29. The molecular formula is C19H26N2O2S. The van der Waals surface area contributed by atoms with Crippen LogP contribution in [0.1, 0.15) is 26.2 Å². The number of hydrogen-bond donors (Lipinski definition) is 1. The van der Waals surface area contributed by atoms with Gasteiger partial charge in [0.25, 0.3) is 0 Å². The minimum Gasteiger partial charge on any atom is -0.317 e. The quantitative estimate of drug-likeness (QED) is 0.873. The van der Waals surface area contributed by atoms with E-state index in [0.717, 1.165) is 43.1 Å². The highest BCUT2D eigenvalue weighted by molar-refractivity contribution is 7.89. The normalized spacial score (nSPS) is 16.8. The first-order chi connectivity index (χ1) is 11.6. The maximum Gasteiger partial charge on any atom is 0.243 e. The van der Waals surface area contributed by atoms with Gasteiger partial charge in [-0.3, -0.25) is 0 Å². The fourth-order valence-corrected chi connectivity index (χ4v) is 5.29. The van der Waals surface area contributed by atoms with Crippen LogP contribution >= 0.6 is 0 Å². The van der Waals surface area contributed by atoms with E-state index in [1.807, 2.05) is 43.3 Å². The van der Waals surface area contributed by atoms with Crippen LogP contribution in [0.25, 0.3) is 10.8 Å². The first kappa shape index (κ1) is 17.4. The Bertz CT molecular complexity index is 778. The van der Waals surface area contributed by atoms with E-state index in [-0.39, 0.29) is 0 Å². The first-order valence-electron chi connectivity index (χ1n) is 8.81. The average molecular weight is 346 g/mol. The van der Waals surface area contributed by atoms with Crippen molar-refractivity contribution in [1.82, 2.24) is 9.62 Å². The van der Waals surface area contributed by atoms with Crippen molar-refractivity contribution in [2.75, 3.05) is 26.2 Å². The molecule has 0 radical (unpaired) electrons. The molecule has 130 valence electrons. The highest BCUT2D eigenvalue weighted by Crippen LogP contribution is 2.27. The predicted octanol–water partition coefficient (Wildman–Crippen LogP) is 3.24. The number of nitrogens with one attached hydrogen (secondary N) is 1. The Kier molecular flexibility index (Phi) is 5.54. The van der Waals surface area contributed by atoms with Gasteiger partial charge in [0.15, 0.2) is 0 Å². The molecule has 3 rings (SSSR count). The van der Waals surface area contributed by atoms with E-state index in [9.17, 15) is 8.42 Å². The third-order valence-corrected chi connectivity index (χ3v) is 6.68. The topological polar surface area (TPSA) is 49.4 Å². The third-order valence-electron chi connectivity index (χ3n) is 4.76. The molecule has 1 N–H and O–H groups in total. The van der Waals surface area contributed by atoms with Crippen LogP contribution in [0, 0.1) is 5.92 Å². The molecule has 1 fully saturated rings. The van der Waals surface area contributed by atoms with E-state index < -0.39 is 10.0 Å². The number of hydrogen-bond acceptors (Lipinski definition) is 3. The maximum atomic E-state index is 13.3. The van der Waals surface area contributed by atoms with Crippen LogP contribution in [-0.2, 0) is 10.0 Å². The van der Waals surface area contributed by atoms with Gasteiger partial charge in [-0.25, -0.2) is 8.42 Å². The summed E-state index contributed by atoms with van der Waals surface area (Å²) < 4.78 is 28.3. The molecule has 0 aromatic heterocycles. The molecule has 0 spiro atoms. The number of sulfonamides is 1. The van der Waals surface area contributed by atoms with Crippen molar-refractivity contribution < 1.29 is 8.42 Å². The molecule has 1 aliphatic rings. The second kappa shape index (κ2) is 7.64. The highest BCUT2D eigenvalue weighted by atomic mass is 32.2. The Morgan fingerprint density at radius 1 is 1.08 bits per heavy atom. The van der Waals surface area contributed by atoms with Gasteiger partial charge in [0.2, 0.25) is 10.0 Å². The summed E-state index contributed by atoms with van der Waals surface area (Å²) in [4.78, 5) is 0.433. The van der Waals surface area contributed by atoms with Gasteiger partial charge in [-0.2, -0.15) is 4.31 Å². The van der Waals surface area contributed by atoms with Crippen LogP contribution in [-0.4, -0.2) is 38.9 Å². The average Bonchev–Trinajstić information content (AvgIpc) is 2.61. The maximum absolute atomic E-state index is 13.3. The molecule has 0 amide bonds. The third kappa shape index (κ3) is 3.63. The van der Waals surface area contributed by atoms with Crippen molar-refractivity contribution in [3.8, 4) is 0 Å². The summed E-state index contributed by atoms with van der Waals surface area (Å²) in [5, 5.41) is 5.13. The van der Waals surface area contributed by atoms with Crippen molar-refractivity contribution in [2.24, 2.45) is 5.92 Å². The van der Waals surface area contributed by atoms with Gasteiger partial charge in [0, 0.05) is 18.5 Å². The SMILES string of the molecule is CCCN(CC1CCNCC1)S(=O)(=O)c1cccc2ccccc12. The molecule has 0 aliphatic carbocycles. The summed E-state index contributed by atoms with van der Waals surface area (Å²) in [6.45, 7) is 5.21.